The summed E-state index contributed by atoms with van der Waals surface area (Å²) in [6.45, 7) is 16.1. The highest BCUT2D eigenvalue weighted by molar-refractivity contribution is 5.92. The summed E-state index contributed by atoms with van der Waals surface area (Å²) in [7, 11) is 3.12. The molecule has 0 unspecified atom stereocenters. The second kappa shape index (κ2) is 7.44. The minimum atomic E-state index is -0.595. The third kappa shape index (κ3) is 3.28. The molecule has 3 aliphatic rings. The van der Waals surface area contributed by atoms with Crippen LogP contribution in [-0.2, 0) is 28.5 Å². The SMILES string of the molecule is C=C(COC)C(=O)O[C@H]1CC(=C)[C@@H]2C[C@H](OC)C(=C)[C@@H]2[C@H]2OC(=O)C(=C)[C@@H]21. The quantitative estimate of drug-likeness (QED) is 0.418. The maximum atomic E-state index is 12.4. The summed E-state index contributed by atoms with van der Waals surface area (Å²) in [5.41, 5.74) is 2.35. The van der Waals surface area contributed by atoms with Gasteiger partial charge < -0.3 is 18.9 Å². The minimum absolute atomic E-state index is 0.0551. The number of hydrogen-bond donors (Lipinski definition) is 0. The van der Waals surface area contributed by atoms with Crippen LogP contribution >= 0.6 is 0 Å². The first kappa shape index (κ1) is 19.6. The molecule has 1 aliphatic heterocycles. The Bertz CT molecular complexity index is 720. The van der Waals surface area contributed by atoms with E-state index in [-0.39, 0.29) is 30.1 Å². The first-order valence-corrected chi connectivity index (χ1v) is 8.96. The number of fused-ring (bicyclic) bond motifs is 3. The molecule has 146 valence electrons. The van der Waals surface area contributed by atoms with Crippen molar-refractivity contribution in [2.24, 2.45) is 17.8 Å². The van der Waals surface area contributed by atoms with Crippen molar-refractivity contribution in [3.63, 3.8) is 0 Å². The zero-order valence-corrected chi connectivity index (χ0v) is 15.9. The molecule has 2 saturated carbocycles. The number of carbonyl (C=O) groups is 2. The van der Waals surface area contributed by atoms with Crippen LogP contribution in [0.25, 0.3) is 0 Å². The van der Waals surface area contributed by atoms with Gasteiger partial charge in [0.2, 0.25) is 0 Å². The molecular weight excluding hydrogens is 348 g/mol. The molecule has 3 fully saturated rings. The summed E-state index contributed by atoms with van der Waals surface area (Å²) >= 11 is 0. The maximum Gasteiger partial charge on any atom is 0.336 e. The largest absolute Gasteiger partial charge is 0.458 e. The number of rotatable bonds is 5. The Morgan fingerprint density at radius 2 is 1.93 bits per heavy atom. The minimum Gasteiger partial charge on any atom is -0.458 e. The van der Waals surface area contributed by atoms with Crippen molar-refractivity contribution in [3.8, 4) is 0 Å². The summed E-state index contributed by atoms with van der Waals surface area (Å²) in [5, 5.41) is 0. The Balaban J connectivity index is 1.92. The summed E-state index contributed by atoms with van der Waals surface area (Å²) in [4.78, 5) is 24.6. The van der Waals surface area contributed by atoms with Gasteiger partial charge >= 0.3 is 11.9 Å². The van der Waals surface area contributed by atoms with Crippen LogP contribution in [0.2, 0.25) is 0 Å². The Kier molecular flexibility index (Phi) is 5.40. The molecule has 0 amide bonds. The fourth-order valence-electron chi connectivity index (χ4n) is 4.56. The summed E-state index contributed by atoms with van der Waals surface area (Å²) in [6.07, 6.45) is -0.0421. The topological polar surface area (TPSA) is 71.1 Å². The molecule has 3 rings (SSSR count). The van der Waals surface area contributed by atoms with Gasteiger partial charge in [-0.15, -0.1) is 0 Å². The van der Waals surface area contributed by atoms with E-state index in [9.17, 15) is 9.59 Å². The van der Waals surface area contributed by atoms with Gasteiger partial charge in [-0.2, -0.15) is 0 Å². The van der Waals surface area contributed by atoms with E-state index in [1.54, 1.807) is 7.11 Å². The van der Waals surface area contributed by atoms with Gasteiger partial charge in [-0.3, -0.25) is 0 Å². The predicted molar refractivity (Wildman–Crippen MR) is 98.7 cm³/mol. The number of hydrogen-bond acceptors (Lipinski definition) is 6. The van der Waals surface area contributed by atoms with Gasteiger partial charge in [0.1, 0.15) is 12.2 Å². The van der Waals surface area contributed by atoms with E-state index in [0.717, 1.165) is 17.6 Å². The van der Waals surface area contributed by atoms with Crippen LogP contribution in [0.15, 0.2) is 48.6 Å². The molecule has 27 heavy (non-hydrogen) atoms. The molecule has 0 radical (unpaired) electrons. The zero-order chi connectivity index (χ0) is 19.9. The normalized spacial score (nSPS) is 35.3. The molecule has 0 aromatic carbocycles. The highest BCUT2D eigenvalue weighted by Gasteiger charge is 2.57. The van der Waals surface area contributed by atoms with Gasteiger partial charge in [-0.25, -0.2) is 9.59 Å². The molecule has 0 aromatic heterocycles. The third-order valence-corrected chi connectivity index (χ3v) is 5.90. The standard InChI is InChI=1S/C21H26O6/c1-10-7-16(26-20(22)11(2)9-24-5)18-13(4)21(23)27-19(18)17-12(3)15(25-6)8-14(10)17/h14-19H,1-4,7-9H2,5-6H3/t14-,15-,16-,17-,18+,19+/m0/s1. The Labute approximate surface area is 159 Å². The second-order valence-corrected chi connectivity index (χ2v) is 7.43. The first-order chi connectivity index (χ1) is 12.8. The predicted octanol–water partition coefficient (Wildman–Crippen LogP) is 2.37. The van der Waals surface area contributed by atoms with Crippen molar-refractivity contribution in [1.82, 2.24) is 0 Å². The van der Waals surface area contributed by atoms with Gasteiger partial charge in [0, 0.05) is 32.1 Å². The molecule has 6 nitrogen and oxygen atoms in total. The first-order valence-electron chi connectivity index (χ1n) is 8.96. The molecule has 1 heterocycles. The lowest BCUT2D eigenvalue weighted by atomic mass is 9.81. The van der Waals surface area contributed by atoms with Gasteiger partial charge in [0.15, 0.2) is 0 Å². The van der Waals surface area contributed by atoms with Gasteiger partial charge in [-0.1, -0.05) is 31.9 Å². The Morgan fingerprint density at radius 3 is 2.56 bits per heavy atom. The third-order valence-electron chi connectivity index (χ3n) is 5.90. The van der Waals surface area contributed by atoms with E-state index in [1.807, 2.05) is 0 Å². The number of carbonyl (C=O) groups excluding carboxylic acids is 2. The zero-order valence-electron chi connectivity index (χ0n) is 15.9. The van der Waals surface area contributed by atoms with Crippen molar-refractivity contribution < 1.29 is 28.5 Å². The van der Waals surface area contributed by atoms with Crippen LogP contribution in [0.4, 0.5) is 0 Å². The van der Waals surface area contributed by atoms with Crippen molar-refractivity contribution in [2.45, 2.75) is 31.2 Å². The lowest BCUT2D eigenvalue weighted by molar-refractivity contribution is -0.148. The lowest BCUT2D eigenvalue weighted by Gasteiger charge is -2.28. The molecule has 6 atom stereocenters. The number of esters is 2. The molecule has 2 aliphatic carbocycles. The molecule has 0 bridgehead atoms. The summed E-state index contributed by atoms with van der Waals surface area (Å²) in [5.74, 6) is -1.53. The van der Waals surface area contributed by atoms with Crippen molar-refractivity contribution in [2.75, 3.05) is 20.8 Å². The van der Waals surface area contributed by atoms with Crippen LogP contribution in [0.1, 0.15) is 12.8 Å². The average Bonchev–Trinajstić information content (AvgIpc) is 3.07. The van der Waals surface area contributed by atoms with E-state index >= 15 is 0 Å². The van der Waals surface area contributed by atoms with E-state index < -0.39 is 30.1 Å². The van der Waals surface area contributed by atoms with E-state index in [2.05, 4.69) is 26.3 Å². The fraction of sp³-hybridized carbons (Fsp3) is 0.524. The van der Waals surface area contributed by atoms with Gasteiger partial charge in [-0.05, 0) is 17.9 Å². The van der Waals surface area contributed by atoms with Gasteiger partial charge in [0.25, 0.3) is 0 Å². The van der Waals surface area contributed by atoms with Crippen LogP contribution in [0.5, 0.6) is 0 Å². The van der Waals surface area contributed by atoms with Crippen molar-refractivity contribution in [1.29, 1.82) is 0 Å². The van der Waals surface area contributed by atoms with Crippen molar-refractivity contribution >= 4 is 11.9 Å². The highest BCUT2D eigenvalue weighted by Crippen LogP contribution is 2.53. The van der Waals surface area contributed by atoms with Crippen LogP contribution in [0, 0.1) is 17.8 Å². The van der Waals surface area contributed by atoms with E-state index in [0.29, 0.717) is 12.0 Å². The summed E-state index contributed by atoms with van der Waals surface area (Å²) < 4.78 is 21.9. The molecule has 0 N–H and O–H groups in total. The van der Waals surface area contributed by atoms with E-state index in [1.165, 1.54) is 7.11 Å². The summed E-state index contributed by atoms with van der Waals surface area (Å²) in [6, 6.07) is 0. The maximum absolute atomic E-state index is 12.4. The number of ether oxygens (including phenoxy) is 4. The second-order valence-electron chi connectivity index (χ2n) is 7.43. The highest BCUT2D eigenvalue weighted by atomic mass is 16.6. The van der Waals surface area contributed by atoms with Crippen LogP contribution in [0.3, 0.4) is 0 Å². The molecular formula is C21H26O6. The Hall–Kier alpha value is -2.18. The average molecular weight is 374 g/mol. The smallest absolute Gasteiger partial charge is 0.336 e. The van der Waals surface area contributed by atoms with Crippen LogP contribution in [-0.4, -0.2) is 51.1 Å². The van der Waals surface area contributed by atoms with Gasteiger partial charge in [0.05, 0.1) is 24.2 Å². The molecule has 1 saturated heterocycles. The Morgan fingerprint density at radius 1 is 1.22 bits per heavy atom. The number of methoxy groups -OCH3 is 2. The molecule has 0 aromatic rings. The van der Waals surface area contributed by atoms with Crippen molar-refractivity contribution in [3.05, 3.63) is 48.6 Å². The van der Waals surface area contributed by atoms with E-state index in [4.69, 9.17) is 18.9 Å². The monoisotopic (exact) mass is 374 g/mol. The fourth-order valence-corrected chi connectivity index (χ4v) is 4.56. The lowest BCUT2D eigenvalue weighted by Crippen LogP contribution is -2.36. The molecule has 0 spiro atoms. The van der Waals surface area contributed by atoms with Crippen LogP contribution < -0.4 is 0 Å². The molecule has 6 heteroatoms.